The first-order chi connectivity index (χ1) is 12.4. The van der Waals surface area contributed by atoms with E-state index in [0.717, 1.165) is 6.07 Å². The number of carbonyl (C=O) groups is 1. The van der Waals surface area contributed by atoms with Crippen molar-refractivity contribution in [3.05, 3.63) is 74.1 Å². The van der Waals surface area contributed by atoms with Gasteiger partial charge in [0.05, 0.1) is 10.5 Å². The summed E-state index contributed by atoms with van der Waals surface area (Å²) in [5.74, 6) is -0.426. The highest BCUT2D eigenvalue weighted by Gasteiger charge is 2.18. The molecule has 1 aromatic heterocycles. The zero-order valence-electron chi connectivity index (χ0n) is 12.9. The van der Waals surface area contributed by atoms with Crippen LogP contribution in [-0.2, 0) is 11.3 Å². The van der Waals surface area contributed by atoms with E-state index in [9.17, 15) is 14.9 Å². The standard InChI is InChI=1S/C16H9Cl2N3O5/c17-11-3-1-2-9(6-11)15-19-14(26-20-15)8-25-16(22)10-4-5-12(18)13(7-10)21(23)24/h1-7H,8H2. The second kappa shape index (κ2) is 7.51. The molecule has 0 atom stereocenters. The van der Waals surface area contributed by atoms with Gasteiger partial charge in [-0.25, -0.2) is 4.79 Å². The molecule has 0 aliphatic heterocycles. The summed E-state index contributed by atoms with van der Waals surface area (Å²) >= 11 is 11.6. The van der Waals surface area contributed by atoms with Crippen LogP contribution >= 0.6 is 23.2 Å². The lowest BCUT2D eigenvalue weighted by Gasteiger charge is -2.02. The maximum atomic E-state index is 12.0. The number of nitro groups is 1. The Bertz CT molecular complexity index is 990. The van der Waals surface area contributed by atoms with Gasteiger partial charge in [0, 0.05) is 16.7 Å². The van der Waals surface area contributed by atoms with Crippen LogP contribution in [0.1, 0.15) is 16.2 Å². The average molecular weight is 394 g/mol. The van der Waals surface area contributed by atoms with E-state index in [0.29, 0.717) is 16.4 Å². The van der Waals surface area contributed by atoms with Gasteiger partial charge >= 0.3 is 5.97 Å². The number of nitro benzene ring substituents is 1. The Morgan fingerprint density at radius 2 is 2.04 bits per heavy atom. The zero-order valence-corrected chi connectivity index (χ0v) is 14.4. The minimum absolute atomic E-state index is 0.0179. The van der Waals surface area contributed by atoms with Crippen molar-refractivity contribution in [2.24, 2.45) is 0 Å². The van der Waals surface area contributed by atoms with Crippen LogP contribution in [0.15, 0.2) is 47.0 Å². The zero-order chi connectivity index (χ0) is 18.7. The second-order valence-electron chi connectivity index (χ2n) is 5.02. The summed E-state index contributed by atoms with van der Waals surface area (Å²) in [6, 6.07) is 10.5. The number of esters is 1. The molecule has 10 heteroatoms. The lowest BCUT2D eigenvalue weighted by Crippen LogP contribution is -2.06. The van der Waals surface area contributed by atoms with Crippen LogP contribution in [-0.4, -0.2) is 21.0 Å². The maximum Gasteiger partial charge on any atom is 0.338 e. The van der Waals surface area contributed by atoms with Crippen LogP contribution in [0, 0.1) is 10.1 Å². The quantitative estimate of drug-likeness (QED) is 0.360. The number of benzene rings is 2. The van der Waals surface area contributed by atoms with Gasteiger partial charge in [-0.1, -0.05) is 40.5 Å². The van der Waals surface area contributed by atoms with Gasteiger partial charge in [-0.3, -0.25) is 10.1 Å². The first-order valence-electron chi connectivity index (χ1n) is 7.13. The fraction of sp³-hybridized carbons (Fsp3) is 0.0625. The van der Waals surface area contributed by atoms with Gasteiger partial charge < -0.3 is 9.26 Å². The molecule has 0 amide bonds. The van der Waals surface area contributed by atoms with Crippen LogP contribution in [0.2, 0.25) is 10.0 Å². The van der Waals surface area contributed by atoms with Crippen LogP contribution in [0.4, 0.5) is 5.69 Å². The minimum Gasteiger partial charge on any atom is -0.452 e. The molecular formula is C16H9Cl2N3O5. The van der Waals surface area contributed by atoms with Gasteiger partial charge in [0.1, 0.15) is 5.02 Å². The third-order valence-electron chi connectivity index (χ3n) is 3.26. The van der Waals surface area contributed by atoms with Gasteiger partial charge in [0.15, 0.2) is 6.61 Å². The Balaban J connectivity index is 1.69. The number of ether oxygens (including phenoxy) is 1. The molecule has 132 valence electrons. The van der Waals surface area contributed by atoms with Crippen LogP contribution in [0.3, 0.4) is 0 Å². The number of rotatable bonds is 5. The third-order valence-corrected chi connectivity index (χ3v) is 3.81. The monoisotopic (exact) mass is 393 g/mol. The van der Waals surface area contributed by atoms with E-state index in [1.165, 1.54) is 12.1 Å². The summed E-state index contributed by atoms with van der Waals surface area (Å²) in [5, 5.41) is 15.1. The number of aromatic nitrogens is 2. The molecule has 0 saturated carbocycles. The number of hydrogen-bond donors (Lipinski definition) is 0. The molecule has 26 heavy (non-hydrogen) atoms. The molecule has 0 N–H and O–H groups in total. The van der Waals surface area contributed by atoms with Gasteiger partial charge in [-0.05, 0) is 24.3 Å². The Morgan fingerprint density at radius 3 is 2.77 bits per heavy atom. The van der Waals surface area contributed by atoms with Crippen molar-refractivity contribution in [1.29, 1.82) is 0 Å². The van der Waals surface area contributed by atoms with Crippen molar-refractivity contribution in [2.75, 3.05) is 0 Å². The van der Waals surface area contributed by atoms with E-state index in [1.807, 2.05) is 0 Å². The summed E-state index contributed by atoms with van der Waals surface area (Å²) in [6.07, 6.45) is 0. The van der Waals surface area contributed by atoms with Gasteiger partial charge in [-0.15, -0.1) is 0 Å². The first-order valence-corrected chi connectivity index (χ1v) is 7.89. The van der Waals surface area contributed by atoms with Crippen LogP contribution < -0.4 is 0 Å². The molecular weight excluding hydrogens is 385 g/mol. The predicted molar refractivity (Wildman–Crippen MR) is 92.0 cm³/mol. The first kappa shape index (κ1) is 17.8. The third kappa shape index (κ3) is 3.98. The van der Waals surface area contributed by atoms with Gasteiger partial charge in [0.25, 0.3) is 11.6 Å². The van der Waals surface area contributed by atoms with E-state index >= 15 is 0 Å². The molecule has 0 spiro atoms. The SMILES string of the molecule is O=C(OCc1nc(-c2cccc(Cl)c2)no1)c1ccc(Cl)c([N+](=O)[O-])c1. The van der Waals surface area contributed by atoms with Crippen molar-refractivity contribution in [1.82, 2.24) is 10.1 Å². The second-order valence-corrected chi connectivity index (χ2v) is 5.87. The Morgan fingerprint density at radius 1 is 1.23 bits per heavy atom. The summed E-state index contributed by atoms with van der Waals surface area (Å²) in [5.41, 5.74) is 0.241. The molecule has 0 radical (unpaired) electrons. The van der Waals surface area contributed by atoms with E-state index < -0.39 is 10.9 Å². The van der Waals surface area contributed by atoms with Crippen LogP contribution in [0.5, 0.6) is 0 Å². The number of hydrogen-bond acceptors (Lipinski definition) is 7. The van der Waals surface area contributed by atoms with E-state index in [4.69, 9.17) is 32.5 Å². The normalized spacial score (nSPS) is 10.5. The minimum atomic E-state index is -0.785. The fourth-order valence-electron chi connectivity index (χ4n) is 2.05. The highest BCUT2D eigenvalue weighted by molar-refractivity contribution is 6.32. The highest BCUT2D eigenvalue weighted by atomic mass is 35.5. The van der Waals surface area contributed by atoms with Crippen LogP contribution in [0.25, 0.3) is 11.4 Å². The summed E-state index contributed by atoms with van der Waals surface area (Å²) in [4.78, 5) is 26.3. The fourth-order valence-corrected chi connectivity index (χ4v) is 2.43. The number of nitrogens with zero attached hydrogens (tertiary/aromatic N) is 3. The van der Waals surface area contributed by atoms with Gasteiger partial charge in [0.2, 0.25) is 5.82 Å². The summed E-state index contributed by atoms with van der Waals surface area (Å²) in [6.45, 7) is -0.289. The molecule has 0 aliphatic carbocycles. The van der Waals surface area contributed by atoms with Crippen molar-refractivity contribution < 1.29 is 19.0 Å². The molecule has 0 fully saturated rings. The lowest BCUT2D eigenvalue weighted by atomic mass is 10.2. The number of carbonyl (C=O) groups excluding carboxylic acids is 1. The highest BCUT2D eigenvalue weighted by Crippen LogP contribution is 2.25. The Hall–Kier alpha value is -2.97. The molecule has 8 nitrogen and oxygen atoms in total. The summed E-state index contributed by atoms with van der Waals surface area (Å²) in [7, 11) is 0. The molecule has 1 heterocycles. The maximum absolute atomic E-state index is 12.0. The Kier molecular flexibility index (Phi) is 5.15. The summed E-state index contributed by atoms with van der Waals surface area (Å²) < 4.78 is 10.1. The number of halogens is 2. The molecule has 0 saturated heterocycles. The lowest BCUT2D eigenvalue weighted by molar-refractivity contribution is -0.384. The van der Waals surface area contributed by atoms with Crippen molar-refractivity contribution >= 4 is 34.9 Å². The average Bonchev–Trinajstić information content (AvgIpc) is 3.09. The molecule has 0 bridgehead atoms. The van der Waals surface area contributed by atoms with Gasteiger partial charge in [-0.2, -0.15) is 4.98 Å². The topological polar surface area (TPSA) is 108 Å². The predicted octanol–water partition coefficient (Wildman–Crippen LogP) is 4.31. The largest absolute Gasteiger partial charge is 0.452 e. The van der Waals surface area contributed by atoms with Crippen molar-refractivity contribution in [3.8, 4) is 11.4 Å². The molecule has 0 aliphatic rings. The van der Waals surface area contributed by atoms with Crippen molar-refractivity contribution in [2.45, 2.75) is 6.61 Å². The molecule has 0 unspecified atom stereocenters. The molecule has 3 aromatic rings. The van der Waals surface area contributed by atoms with Crippen molar-refractivity contribution in [3.63, 3.8) is 0 Å². The van der Waals surface area contributed by atoms with E-state index in [-0.39, 0.29) is 28.8 Å². The Labute approximate surface area is 156 Å². The molecule has 3 rings (SSSR count). The smallest absolute Gasteiger partial charge is 0.338 e. The van der Waals surface area contributed by atoms with E-state index in [1.54, 1.807) is 24.3 Å². The molecule has 2 aromatic carbocycles. The van der Waals surface area contributed by atoms with E-state index in [2.05, 4.69) is 10.1 Å².